The van der Waals surface area contributed by atoms with Crippen LogP contribution in [0.25, 0.3) is 0 Å². The zero-order chi connectivity index (χ0) is 13.1. The highest BCUT2D eigenvalue weighted by atomic mass is 79.9. The Morgan fingerprint density at radius 1 is 1.33 bits per heavy atom. The average Bonchev–Trinajstić information content (AvgIpc) is 2.34. The van der Waals surface area contributed by atoms with Crippen LogP contribution in [0, 0.1) is 0 Å². The van der Waals surface area contributed by atoms with E-state index in [0.29, 0.717) is 28.1 Å². The zero-order valence-electron chi connectivity index (χ0n) is 9.48. The van der Waals surface area contributed by atoms with Crippen LogP contribution in [0.5, 0.6) is 17.4 Å². The molecular formula is C12H10BrClN2O2. The fourth-order valence-electron chi connectivity index (χ4n) is 1.33. The van der Waals surface area contributed by atoms with Gasteiger partial charge in [-0.25, -0.2) is 4.98 Å². The van der Waals surface area contributed by atoms with Gasteiger partial charge < -0.3 is 15.2 Å². The van der Waals surface area contributed by atoms with Crippen molar-refractivity contribution in [3.8, 4) is 17.4 Å². The molecule has 0 saturated carbocycles. The number of halogens is 2. The number of nitrogens with zero attached hydrogens (tertiary/aromatic N) is 1. The van der Waals surface area contributed by atoms with Gasteiger partial charge in [-0.15, -0.1) is 0 Å². The molecule has 6 heteroatoms. The van der Waals surface area contributed by atoms with Crippen molar-refractivity contribution in [2.24, 2.45) is 0 Å². The number of aromatic nitrogens is 1. The summed E-state index contributed by atoms with van der Waals surface area (Å²) in [6.45, 7) is 0. The minimum Gasteiger partial charge on any atom is -0.497 e. The van der Waals surface area contributed by atoms with Gasteiger partial charge in [0, 0.05) is 16.7 Å². The molecule has 0 saturated heterocycles. The van der Waals surface area contributed by atoms with Crippen LogP contribution in [0.1, 0.15) is 0 Å². The highest BCUT2D eigenvalue weighted by Gasteiger charge is 2.08. The van der Waals surface area contributed by atoms with E-state index in [9.17, 15) is 0 Å². The second-order valence-corrected chi connectivity index (χ2v) is 4.77. The third kappa shape index (κ3) is 2.86. The smallest absolute Gasteiger partial charge is 0.238 e. The van der Waals surface area contributed by atoms with E-state index in [0.717, 1.165) is 4.47 Å². The lowest BCUT2D eigenvalue weighted by Gasteiger charge is -2.10. The van der Waals surface area contributed by atoms with Crippen LogP contribution in [0.3, 0.4) is 0 Å². The van der Waals surface area contributed by atoms with Crippen molar-refractivity contribution in [2.75, 3.05) is 12.8 Å². The lowest BCUT2D eigenvalue weighted by Crippen LogP contribution is -1.95. The zero-order valence-corrected chi connectivity index (χ0v) is 11.8. The van der Waals surface area contributed by atoms with Crippen LogP contribution in [0.2, 0.25) is 5.02 Å². The second-order valence-electron chi connectivity index (χ2n) is 3.45. The summed E-state index contributed by atoms with van der Waals surface area (Å²) in [6, 6.07) is 6.82. The molecule has 0 spiro atoms. The van der Waals surface area contributed by atoms with Gasteiger partial charge in [0.25, 0.3) is 0 Å². The molecule has 2 N–H and O–H groups in total. The molecule has 1 aromatic heterocycles. The summed E-state index contributed by atoms with van der Waals surface area (Å²) in [7, 11) is 1.57. The molecule has 0 aliphatic heterocycles. The number of rotatable bonds is 3. The first-order chi connectivity index (χ1) is 8.60. The van der Waals surface area contributed by atoms with Crippen molar-refractivity contribution in [1.82, 2.24) is 4.98 Å². The highest BCUT2D eigenvalue weighted by molar-refractivity contribution is 9.10. The normalized spacial score (nSPS) is 10.2. The minimum atomic E-state index is 0.303. The van der Waals surface area contributed by atoms with Gasteiger partial charge in [-0.2, -0.15) is 0 Å². The number of nitrogen functional groups attached to an aromatic ring is 1. The molecule has 2 aromatic rings. The number of hydrogen-bond acceptors (Lipinski definition) is 4. The van der Waals surface area contributed by atoms with Crippen molar-refractivity contribution in [3.05, 3.63) is 40.0 Å². The fourth-order valence-corrected chi connectivity index (χ4v) is 2.00. The summed E-state index contributed by atoms with van der Waals surface area (Å²) >= 11 is 9.28. The van der Waals surface area contributed by atoms with Crippen molar-refractivity contribution in [2.45, 2.75) is 0 Å². The van der Waals surface area contributed by atoms with Crippen LogP contribution in [0.15, 0.2) is 34.9 Å². The highest BCUT2D eigenvalue weighted by Crippen LogP contribution is 2.33. The SMILES string of the molecule is COc1ccc(Oc2ncc(Br)cc2Cl)c(N)c1. The van der Waals surface area contributed by atoms with Crippen molar-refractivity contribution >= 4 is 33.2 Å². The first kappa shape index (κ1) is 13.0. The summed E-state index contributed by atoms with van der Waals surface area (Å²) in [5, 5.41) is 0.402. The van der Waals surface area contributed by atoms with E-state index >= 15 is 0 Å². The molecule has 0 aliphatic carbocycles. The molecule has 0 aliphatic rings. The maximum atomic E-state index is 6.01. The number of pyridine rings is 1. The molecule has 18 heavy (non-hydrogen) atoms. The van der Waals surface area contributed by atoms with Gasteiger partial charge in [-0.3, -0.25) is 0 Å². The minimum absolute atomic E-state index is 0.303. The quantitative estimate of drug-likeness (QED) is 0.868. The average molecular weight is 330 g/mol. The molecule has 0 fully saturated rings. The Bertz CT molecular complexity index is 578. The summed E-state index contributed by atoms with van der Waals surface area (Å²) in [5.41, 5.74) is 6.29. The molecule has 0 unspecified atom stereocenters. The lowest BCUT2D eigenvalue weighted by molar-refractivity contribution is 0.412. The predicted molar refractivity (Wildman–Crippen MR) is 74.4 cm³/mol. The Balaban J connectivity index is 2.28. The van der Waals surface area contributed by atoms with Gasteiger partial charge in [-0.1, -0.05) is 11.6 Å². The third-order valence-corrected chi connectivity index (χ3v) is 2.90. The molecular weight excluding hydrogens is 320 g/mol. The van der Waals surface area contributed by atoms with Gasteiger partial charge in [0.1, 0.15) is 10.8 Å². The molecule has 0 radical (unpaired) electrons. The third-order valence-electron chi connectivity index (χ3n) is 2.20. The first-order valence-electron chi connectivity index (χ1n) is 5.02. The van der Waals surface area contributed by atoms with Crippen molar-refractivity contribution in [3.63, 3.8) is 0 Å². The Hall–Kier alpha value is -1.46. The van der Waals surface area contributed by atoms with Gasteiger partial charge in [0.05, 0.1) is 12.8 Å². The van der Waals surface area contributed by atoms with E-state index in [1.54, 1.807) is 37.6 Å². The maximum Gasteiger partial charge on any atom is 0.238 e. The van der Waals surface area contributed by atoms with E-state index in [-0.39, 0.29) is 0 Å². The summed E-state index contributed by atoms with van der Waals surface area (Å²) in [6.07, 6.45) is 1.60. The Labute approximate surface area is 118 Å². The van der Waals surface area contributed by atoms with Crippen LogP contribution in [-0.2, 0) is 0 Å². The Morgan fingerprint density at radius 2 is 2.11 bits per heavy atom. The molecule has 2 rings (SSSR count). The number of methoxy groups -OCH3 is 1. The Morgan fingerprint density at radius 3 is 2.72 bits per heavy atom. The van der Waals surface area contributed by atoms with Gasteiger partial charge in [0.2, 0.25) is 5.88 Å². The molecule has 4 nitrogen and oxygen atoms in total. The number of ether oxygens (including phenoxy) is 2. The van der Waals surface area contributed by atoms with Gasteiger partial charge >= 0.3 is 0 Å². The summed E-state index contributed by atoms with van der Waals surface area (Å²) in [5.74, 6) is 1.44. The maximum absolute atomic E-state index is 6.01. The van der Waals surface area contributed by atoms with E-state index in [1.165, 1.54) is 0 Å². The van der Waals surface area contributed by atoms with Gasteiger partial charge in [0.15, 0.2) is 5.75 Å². The molecule has 1 aromatic carbocycles. The first-order valence-corrected chi connectivity index (χ1v) is 6.19. The molecule has 94 valence electrons. The van der Waals surface area contributed by atoms with E-state index in [2.05, 4.69) is 20.9 Å². The summed E-state index contributed by atoms with van der Waals surface area (Å²) < 4.78 is 11.4. The molecule has 0 atom stereocenters. The number of benzene rings is 1. The fraction of sp³-hybridized carbons (Fsp3) is 0.0833. The number of nitrogens with two attached hydrogens (primary N) is 1. The van der Waals surface area contributed by atoms with E-state index in [1.807, 2.05) is 0 Å². The van der Waals surface area contributed by atoms with Crippen LogP contribution >= 0.6 is 27.5 Å². The largest absolute Gasteiger partial charge is 0.497 e. The molecule has 0 amide bonds. The number of anilines is 1. The van der Waals surface area contributed by atoms with E-state index < -0.39 is 0 Å². The second kappa shape index (κ2) is 5.46. The van der Waals surface area contributed by atoms with Crippen LogP contribution < -0.4 is 15.2 Å². The van der Waals surface area contributed by atoms with Crippen LogP contribution in [-0.4, -0.2) is 12.1 Å². The molecule has 0 bridgehead atoms. The standard InChI is InChI=1S/C12H10BrClN2O2/c1-17-8-2-3-11(10(15)5-8)18-12-9(14)4-7(13)6-16-12/h2-6H,15H2,1H3. The number of hydrogen-bond donors (Lipinski definition) is 1. The predicted octanol–water partition coefficient (Wildman–Crippen LogP) is 3.88. The molecule has 1 heterocycles. The summed E-state index contributed by atoms with van der Waals surface area (Å²) in [4.78, 5) is 4.07. The van der Waals surface area contributed by atoms with Gasteiger partial charge in [-0.05, 0) is 34.1 Å². The Kier molecular flexibility index (Phi) is 3.93. The topological polar surface area (TPSA) is 57.4 Å². The lowest BCUT2D eigenvalue weighted by atomic mass is 10.3. The van der Waals surface area contributed by atoms with Crippen LogP contribution in [0.4, 0.5) is 5.69 Å². The van der Waals surface area contributed by atoms with Crippen molar-refractivity contribution < 1.29 is 9.47 Å². The van der Waals surface area contributed by atoms with E-state index in [4.69, 9.17) is 26.8 Å². The monoisotopic (exact) mass is 328 g/mol. The van der Waals surface area contributed by atoms with Crippen molar-refractivity contribution in [1.29, 1.82) is 0 Å².